The van der Waals surface area contributed by atoms with Crippen LogP contribution in [0.5, 0.6) is 0 Å². The summed E-state index contributed by atoms with van der Waals surface area (Å²) in [6.45, 7) is 7.84. The molecule has 0 fully saturated rings. The van der Waals surface area contributed by atoms with E-state index in [-0.39, 0.29) is 16.7 Å². The van der Waals surface area contributed by atoms with Crippen molar-refractivity contribution >= 4 is 44.9 Å². The number of rotatable bonds is 4. The van der Waals surface area contributed by atoms with Crippen molar-refractivity contribution in [3.8, 4) is 0 Å². The summed E-state index contributed by atoms with van der Waals surface area (Å²) in [5.74, 6) is -0.106. The average molecular weight is 388 g/mol. The maximum atomic E-state index is 12.7. The van der Waals surface area contributed by atoms with Crippen molar-refractivity contribution in [3.05, 3.63) is 50.6 Å². The van der Waals surface area contributed by atoms with E-state index in [9.17, 15) is 9.59 Å². The number of anilines is 1. The van der Waals surface area contributed by atoms with E-state index in [1.165, 1.54) is 33.2 Å². The second kappa shape index (κ2) is 7.25. The van der Waals surface area contributed by atoms with Gasteiger partial charge in [-0.1, -0.05) is 29.5 Å². The molecule has 3 rings (SSSR count). The van der Waals surface area contributed by atoms with Gasteiger partial charge in [-0.2, -0.15) is 0 Å². The Balaban J connectivity index is 1.82. The van der Waals surface area contributed by atoms with Gasteiger partial charge >= 0.3 is 0 Å². The first-order valence-corrected chi connectivity index (χ1v) is 10.0. The molecule has 0 aliphatic heterocycles. The fourth-order valence-electron chi connectivity index (χ4n) is 2.90. The van der Waals surface area contributed by atoms with Crippen LogP contribution in [0.1, 0.15) is 23.6 Å². The minimum Gasteiger partial charge on any atom is -0.325 e. The predicted molar refractivity (Wildman–Crippen MR) is 109 cm³/mol. The first-order chi connectivity index (χ1) is 12.3. The standard InChI is InChI=1S/C19H21N3O2S2/c1-10-8-11(2)15(12(3)9-10)20-16(23)13(4)26-19-21-17-14(6-7-25-17)18(24)22(19)5/h6-9,13H,1-5H3,(H,20,23). The SMILES string of the molecule is Cc1cc(C)c(NC(=O)C(C)Sc2nc3sccc3c(=O)n2C)c(C)c1. The van der Waals surface area contributed by atoms with E-state index in [1.54, 1.807) is 13.1 Å². The molecule has 1 aromatic carbocycles. The van der Waals surface area contributed by atoms with E-state index in [2.05, 4.69) is 22.4 Å². The van der Waals surface area contributed by atoms with Gasteiger partial charge in [-0.05, 0) is 50.3 Å². The third-order valence-electron chi connectivity index (χ3n) is 4.24. The third-order valence-corrected chi connectivity index (χ3v) is 6.19. The molecule has 1 unspecified atom stereocenters. The molecule has 0 spiro atoms. The number of carbonyl (C=O) groups excluding carboxylic acids is 1. The number of amides is 1. The Labute approximate surface area is 160 Å². The highest BCUT2D eigenvalue weighted by molar-refractivity contribution is 8.00. The molecular weight excluding hydrogens is 366 g/mol. The summed E-state index contributed by atoms with van der Waals surface area (Å²) in [6, 6.07) is 5.88. The Kier molecular flexibility index (Phi) is 5.20. The van der Waals surface area contributed by atoms with Gasteiger partial charge in [-0.25, -0.2) is 4.98 Å². The van der Waals surface area contributed by atoms with Crippen LogP contribution in [0.15, 0.2) is 33.5 Å². The summed E-state index contributed by atoms with van der Waals surface area (Å²) in [4.78, 5) is 30.3. The molecule has 2 heterocycles. The van der Waals surface area contributed by atoms with Gasteiger partial charge < -0.3 is 5.32 Å². The number of benzene rings is 1. The van der Waals surface area contributed by atoms with E-state index in [4.69, 9.17) is 0 Å². The van der Waals surface area contributed by atoms with Crippen LogP contribution < -0.4 is 10.9 Å². The second-order valence-corrected chi connectivity index (χ2v) is 8.62. The van der Waals surface area contributed by atoms with Gasteiger partial charge in [0.15, 0.2) is 5.16 Å². The van der Waals surface area contributed by atoms with Crippen LogP contribution in [-0.2, 0) is 11.8 Å². The Morgan fingerprint density at radius 3 is 2.58 bits per heavy atom. The second-order valence-electron chi connectivity index (χ2n) is 6.42. The van der Waals surface area contributed by atoms with E-state index >= 15 is 0 Å². The predicted octanol–water partition coefficient (Wildman–Crippen LogP) is 4.04. The van der Waals surface area contributed by atoms with E-state index < -0.39 is 0 Å². The molecule has 3 aromatic rings. The van der Waals surface area contributed by atoms with Crippen LogP contribution >= 0.6 is 23.1 Å². The summed E-state index contributed by atoms with van der Waals surface area (Å²) >= 11 is 2.72. The fourth-order valence-corrected chi connectivity index (χ4v) is 4.58. The average Bonchev–Trinajstić information content (AvgIpc) is 3.03. The van der Waals surface area contributed by atoms with Crippen molar-refractivity contribution in [3.63, 3.8) is 0 Å². The lowest BCUT2D eigenvalue weighted by molar-refractivity contribution is -0.115. The third kappa shape index (κ3) is 3.54. The molecule has 0 aliphatic rings. The Hall–Kier alpha value is -2.12. The molecule has 1 amide bonds. The highest BCUT2D eigenvalue weighted by Gasteiger charge is 2.20. The molecule has 0 aliphatic carbocycles. The topological polar surface area (TPSA) is 64.0 Å². The van der Waals surface area contributed by atoms with Crippen LogP contribution in [-0.4, -0.2) is 20.7 Å². The van der Waals surface area contributed by atoms with Crippen LogP contribution in [0, 0.1) is 20.8 Å². The number of hydrogen-bond acceptors (Lipinski definition) is 5. The van der Waals surface area contributed by atoms with Gasteiger partial charge in [0.05, 0.1) is 10.6 Å². The lowest BCUT2D eigenvalue weighted by Crippen LogP contribution is -2.26. The van der Waals surface area contributed by atoms with Crippen molar-refractivity contribution < 1.29 is 4.79 Å². The molecule has 0 radical (unpaired) electrons. The van der Waals surface area contributed by atoms with Crippen LogP contribution in [0.25, 0.3) is 10.2 Å². The van der Waals surface area contributed by atoms with Crippen molar-refractivity contribution in [2.45, 2.75) is 38.1 Å². The maximum absolute atomic E-state index is 12.7. The van der Waals surface area contributed by atoms with Crippen molar-refractivity contribution in [1.29, 1.82) is 0 Å². The fraction of sp³-hybridized carbons (Fsp3) is 0.316. The highest BCUT2D eigenvalue weighted by atomic mass is 32.2. The molecule has 26 heavy (non-hydrogen) atoms. The van der Waals surface area contributed by atoms with Gasteiger partial charge in [-0.15, -0.1) is 11.3 Å². The summed E-state index contributed by atoms with van der Waals surface area (Å²) in [5.41, 5.74) is 4.02. The molecule has 1 N–H and O–H groups in total. The van der Waals surface area contributed by atoms with Crippen LogP contribution in [0.3, 0.4) is 0 Å². The van der Waals surface area contributed by atoms with Crippen molar-refractivity contribution in [2.75, 3.05) is 5.32 Å². The lowest BCUT2D eigenvalue weighted by atomic mass is 10.1. The minimum atomic E-state index is -0.384. The summed E-state index contributed by atoms with van der Waals surface area (Å²) < 4.78 is 1.51. The molecule has 1 atom stereocenters. The Morgan fingerprint density at radius 1 is 1.27 bits per heavy atom. The quantitative estimate of drug-likeness (QED) is 0.542. The molecule has 2 aromatic heterocycles. The normalized spacial score (nSPS) is 12.3. The zero-order chi connectivity index (χ0) is 19.0. The number of hydrogen-bond donors (Lipinski definition) is 1. The summed E-state index contributed by atoms with van der Waals surface area (Å²) in [5, 5.41) is 5.65. The number of aryl methyl sites for hydroxylation is 3. The number of aromatic nitrogens is 2. The van der Waals surface area contributed by atoms with E-state index in [0.717, 1.165) is 16.8 Å². The molecule has 0 saturated carbocycles. The summed E-state index contributed by atoms with van der Waals surface area (Å²) in [6.07, 6.45) is 0. The maximum Gasteiger partial charge on any atom is 0.262 e. The molecule has 5 nitrogen and oxygen atoms in total. The minimum absolute atomic E-state index is 0.0865. The summed E-state index contributed by atoms with van der Waals surface area (Å²) in [7, 11) is 1.69. The molecule has 7 heteroatoms. The zero-order valence-electron chi connectivity index (χ0n) is 15.4. The molecule has 0 saturated heterocycles. The molecule has 0 bridgehead atoms. The Bertz CT molecular complexity index is 1030. The van der Waals surface area contributed by atoms with Crippen LogP contribution in [0.4, 0.5) is 5.69 Å². The van der Waals surface area contributed by atoms with Crippen molar-refractivity contribution in [2.24, 2.45) is 7.05 Å². The van der Waals surface area contributed by atoms with Gasteiger partial charge in [0.1, 0.15) is 4.83 Å². The van der Waals surface area contributed by atoms with Crippen molar-refractivity contribution in [1.82, 2.24) is 9.55 Å². The molecular formula is C19H21N3O2S2. The van der Waals surface area contributed by atoms with Crippen LogP contribution in [0.2, 0.25) is 0 Å². The number of nitrogens with zero attached hydrogens (tertiary/aromatic N) is 2. The highest BCUT2D eigenvalue weighted by Crippen LogP contribution is 2.26. The molecule has 136 valence electrons. The number of thioether (sulfide) groups is 1. The number of thiophene rings is 1. The van der Waals surface area contributed by atoms with E-state index in [0.29, 0.717) is 15.4 Å². The number of nitrogens with one attached hydrogen (secondary N) is 1. The van der Waals surface area contributed by atoms with E-state index in [1.807, 2.05) is 33.1 Å². The largest absolute Gasteiger partial charge is 0.325 e. The Morgan fingerprint density at radius 2 is 1.92 bits per heavy atom. The first-order valence-electron chi connectivity index (χ1n) is 8.27. The number of fused-ring (bicyclic) bond motifs is 1. The van der Waals surface area contributed by atoms with Gasteiger partial charge in [0, 0.05) is 12.7 Å². The zero-order valence-corrected chi connectivity index (χ0v) is 17.0. The van der Waals surface area contributed by atoms with Gasteiger partial charge in [0.2, 0.25) is 5.91 Å². The van der Waals surface area contributed by atoms with Gasteiger partial charge in [0.25, 0.3) is 5.56 Å². The smallest absolute Gasteiger partial charge is 0.262 e. The monoisotopic (exact) mass is 387 g/mol. The van der Waals surface area contributed by atoms with Gasteiger partial charge in [-0.3, -0.25) is 14.2 Å². The first kappa shape index (κ1) is 18.7. The number of carbonyl (C=O) groups is 1. The lowest BCUT2D eigenvalue weighted by Gasteiger charge is -2.16.